The molecule has 2 N–H and O–H groups in total. The second-order valence-electron chi connectivity index (χ2n) is 2.70. The molecule has 2 aromatic heterocycles. The monoisotopic (exact) mass is 243 g/mol. The quantitative estimate of drug-likeness (QED) is 0.767. The number of rotatable bonds is 0. The zero-order valence-corrected chi connectivity index (χ0v) is 8.46. The van der Waals surface area contributed by atoms with Gasteiger partial charge in [0.1, 0.15) is 15.9 Å². The molecule has 0 bridgehead atoms. The van der Waals surface area contributed by atoms with E-state index in [1.54, 1.807) is 6.92 Å². The molecule has 0 aromatic carbocycles. The van der Waals surface area contributed by atoms with Crippen LogP contribution >= 0.6 is 15.9 Å². The Balaban J connectivity index is 2.94. The van der Waals surface area contributed by atoms with E-state index < -0.39 is 6.85 Å². The maximum absolute atomic E-state index is 7.40. The molecule has 4 nitrogen and oxygen atoms in total. The maximum atomic E-state index is 7.40. The number of nitrogens with zero attached hydrogens (tertiary/aromatic N) is 3. The third-order valence-electron chi connectivity index (χ3n) is 1.82. The fraction of sp³-hybridized carbons (Fsp3) is 0.250. The second kappa shape index (κ2) is 2.70. The number of hydrogen-bond acceptors (Lipinski definition) is 3. The van der Waals surface area contributed by atoms with Gasteiger partial charge in [-0.25, -0.2) is 9.97 Å². The molecule has 0 fully saturated rings. The van der Waals surface area contributed by atoms with Gasteiger partial charge in [0.25, 0.3) is 0 Å². The lowest BCUT2D eigenvalue weighted by Gasteiger charge is -2.02. The Hall–Kier alpha value is -1.10. The summed E-state index contributed by atoms with van der Waals surface area (Å²) in [6.07, 6.45) is 1.52. The van der Waals surface area contributed by atoms with Gasteiger partial charge in [-0.05, 0) is 29.7 Å². The molecule has 0 saturated carbocycles. The lowest BCUT2D eigenvalue weighted by Crippen LogP contribution is -2.00. The van der Waals surface area contributed by atoms with E-state index in [1.165, 1.54) is 10.6 Å². The van der Waals surface area contributed by atoms with Crippen LogP contribution in [0.25, 0.3) is 5.52 Å². The first-order valence-corrected chi connectivity index (χ1v) is 4.41. The first-order chi connectivity index (χ1) is 7.32. The van der Waals surface area contributed by atoms with Crippen LogP contribution in [0.5, 0.6) is 0 Å². The lowest BCUT2D eigenvalue weighted by atomic mass is 10.4. The average molecular weight is 244 g/mol. The van der Waals surface area contributed by atoms with E-state index in [1.807, 2.05) is 0 Å². The van der Waals surface area contributed by atoms with Crippen LogP contribution in [0.2, 0.25) is 0 Å². The molecule has 0 radical (unpaired) electrons. The van der Waals surface area contributed by atoms with E-state index in [-0.39, 0.29) is 11.6 Å². The molecule has 0 aliphatic heterocycles. The molecular formula is C8H9BrN4. The summed E-state index contributed by atoms with van der Waals surface area (Å²) in [7, 11) is 0. The third-order valence-corrected chi connectivity index (χ3v) is 2.37. The molecule has 0 aliphatic carbocycles. The molecule has 0 saturated heterocycles. The highest BCUT2D eigenvalue weighted by Gasteiger charge is 2.10. The topological polar surface area (TPSA) is 56.2 Å². The van der Waals surface area contributed by atoms with Crippen molar-refractivity contribution in [3.63, 3.8) is 0 Å². The van der Waals surface area contributed by atoms with E-state index in [4.69, 9.17) is 9.85 Å². The van der Waals surface area contributed by atoms with Gasteiger partial charge in [-0.15, -0.1) is 0 Å². The molecule has 13 heavy (non-hydrogen) atoms. The molecule has 2 aromatic rings. The van der Waals surface area contributed by atoms with Crippen molar-refractivity contribution in [2.24, 2.45) is 0 Å². The first kappa shape index (κ1) is 5.59. The van der Waals surface area contributed by atoms with Crippen LogP contribution in [0.15, 0.2) is 10.8 Å². The predicted octanol–water partition coefficient (Wildman–Crippen LogP) is 1.69. The minimum absolute atomic E-state index is 0.0130. The molecule has 2 rings (SSSR count). The molecule has 2 heterocycles. The average Bonchev–Trinajstić information content (AvgIpc) is 2.51. The zero-order valence-electron chi connectivity index (χ0n) is 9.87. The molecule has 5 heteroatoms. The fourth-order valence-electron chi connectivity index (χ4n) is 1.24. The molecule has 0 spiro atoms. The van der Waals surface area contributed by atoms with Gasteiger partial charge in [-0.2, -0.15) is 0 Å². The number of nitrogen functional groups attached to an aromatic ring is 1. The number of aryl methyl sites for hydroxylation is 2. The van der Waals surface area contributed by atoms with Crippen molar-refractivity contribution < 1.29 is 4.11 Å². The Kier molecular flexibility index (Phi) is 1.16. The molecule has 0 atom stereocenters. The van der Waals surface area contributed by atoms with Crippen molar-refractivity contribution in [1.82, 2.24) is 14.4 Å². The van der Waals surface area contributed by atoms with E-state index in [0.717, 1.165) is 0 Å². The summed E-state index contributed by atoms with van der Waals surface area (Å²) >= 11 is 3.19. The van der Waals surface area contributed by atoms with Crippen LogP contribution in [0.3, 0.4) is 0 Å². The Labute approximate surface area is 88.1 Å². The summed E-state index contributed by atoms with van der Waals surface area (Å²) in [4.78, 5) is 7.95. The van der Waals surface area contributed by atoms with Crippen molar-refractivity contribution in [3.05, 3.63) is 22.3 Å². The highest BCUT2D eigenvalue weighted by Crippen LogP contribution is 2.23. The van der Waals surface area contributed by atoms with Gasteiger partial charge >= 0.3 is 0 Å². The number of imidazole rings is 1. The Morgan fingerprint density at radius 2 is 2.46 bits per heavy atom. The van der Waals surface area contributed by atoms with Gasteiger partial charge in [0.2, 0.25) is 0 Å². The van der Waals surface area contributed by atoms with Crippen molar-refractivity contribution in [2.45, 2.75) is 13.8 Å². The predicted molar refractivity (Wildman–Crippen MR) is 54.6 cm³/mol. The Morgan fingerprint density at radius 1 is 1.69 bits per heavy atom. The van der Waals surface area contributed by atoms with Crippen LogP contribution in [-0.2, 0) is 0 Å². The van der Waals surface area contributed by atoms with Crippen LogP contribution in [-0.4, -0.2) is 14.4 Å². The summed E-state index contributed by atoms with van der Waals surface area (Å²) in [5, 5.41) is 0. The Bertz CT molecular complexity index is 560. The highest BCUT2D eigenvalue weighted by molar-refractivity contribution is 9.10. The highest BCUT2D eigenvalue weighted by atomic mass is 79.9. The van der Waals surface area contributed by atoms with E-state index in [0.29, 0.717) is 15.8 Å². The molecule has 0 aliphatic rings. The van der Waals surface area contributed by atoms with Crippen LogP contribution in [0.1, 0.15) is 15.6 Å². The van der Waals surface area contributed by atoms with Gasteiger partial charge in [0, 0.05) is 16.0 Å². The third kappa shape index (κ3) is 1.11. The van der Waals surface area contributed by atoms with Crippen LogP contribution in [0.4, 0.5) is 5.82 Å². The SMILES string of the molecule is [2H]C([2H])([2H])c1nc(Br)c2c(N)ncc(C)n12. The largest absolute Gasteiger partial charge is 0.382 e. The normalized spacial score (nSPS) is 15.4. The first-order valence-electron chi connectivity index (χ1n) is 5.12. The minimum atomic E-state index is -2.28. The van der Waals surface area contributed by atoms with Gasteiger partial charge in [0.05, 0.1) is 0 Å². The lowest BCUT2D eigenvalue weighted by molar-refractivity contribution is 0.977. The second-order valence-corrected chi connectivity index (χ2v) is 3.45. The summed E-state index contributed by atoms with van der Waals surface area (Å²) in [5.41, 5.74) is 6.86. The number of halogens is 1. The fourth-order valence-corrected chi connectivity index (χ4v) is 1.79. The van der Waals surface area contributed by atoms with Crippen molar-refractivity contribution in [2.75, 3.05) is 5.73 Å². The van der Waals surface area contributed by atoms with Crippen molar-refractivity contribution in [3.8, 4) is 0 Å². The van der Waals surface area contributed by atoms with Crippen molar-refractivity contribution >= 4 is 27.3 Å². The van der Waals surface area contributed by atoms with E-state index in [2.05, 4.69) is 25.9 Å². The smallest absolute Gasteiger partial charge is 0.150 e. The summed E-state index contributed by atoms with van der Waals surface area (Å²) in [6, 6.07) is 0. The molecule has 68 valence electrons. The molecule has 0 amide bonds. The van der Waals surface area contributed by atoms with E-state index >= 15 is 0 Å². The number of aromatic nitrogens is 3. The van der Waals surface area contributed by atoms with Crippen LogP contribution in [0, 0.1) is 13.8 Å². The van der Waals surface area contributed by atoms with Gasteiger partial charge in [-0.1, -0.05) is 0 Å². The van der Waals surface area contributed by atoms with Gasteiger partial charge < -0.3 is 5.73 Å². The number of anilines is 1. The molecular weight excluding hydrogens is 232 g/mol. The summed E-state index contributed by atoms with van der Waals surface area (Å²) in [6.45, 7) is -0.531. The standard InChI is InChI=1S/C8H9BrN4/c1-4-3-11-8(10)6-7(9)12-5(2)13(4)6/h3H,1-2H3,(H2,10,11)/i2D3. The summed E-state index contributed by atoms with van der Waals surface area (Å²) in [5.74, 6) is 0.237. The minimum Gasteiger partial charge on any atom is -0.382 e. The van der Waals surface area contributed by atoms with Gasteiger partial charge in [-0.3, -0.25) is 4.40 Å². The van der Waals surface area contributed by atoms with Gasteiger partial charge in [0.15, 0.2) is 5.82 Å². The number of nitrogens with two attached hydrogens (primary N) is 1. The van der Waals surface area contributed by atoms with Crippen molar-refractivity contribution in [1.29, 1.82) is 0 Å². The van der Waals surface area contributed by atoms with Crippen LogP contribution < -0.4 is 5.73 Å². The zero-order chi connectivity index (χ0) is 12.1. The molecule has 0 unspecified atom stereocenters. The maximum Gasteiger partial charge on any atom is 0.150 e. The number of hydrogen-bond donors (Lipinski definition) is 1. The number of fused-ring (bicyclic) bond motifs is 1. The Morgan fingerprint density at radius 3 is 3.15 bits per heavy atom. The summed E-state index contributed by atoms with van der Waals surface area (Å²) < 4.78 is 24.1. The van der Waals surface area contributed by atoms with E-state index in [9.17, 15) is 0 Å².